The molecule has 0 aromatic rings. The molecule has 0 aliphatic carbocycles. The molecule has 0 amide bonds. The highest BCUT2D eigenvalue weighted by Gasteiger charge is 2.55. The highest BCUT2D eigenvalue weighted by Crippen LogP contribution is 2.42. The van der Waals surface area contributed by atoms with Gasteiger partial charge in [0.2, 0.25) is 0 Å². The molecule has 30 heavy (non-hydrogen) atoms. The van der Waals surface area contributed by atoms with E-state index in [0.717, 1.165) is 12.6 Å². The molecule has 0 aromatic heterocycles. The van der Waals surface area contributed by atoms with Crippen molar-refractivity contribution in [2.45, 2.75) is 120 Å². The van der Waals surface area contributed by atoms with E-state index in [1.807, 2.05) is 0 Å². The van der Waals surface area contributed by atoms with Crippen molar-refractivity contribution in [3.63, 3.8) is 0 Å². The number of allylic oxidation sites excluding steroid dienone is 2. The molecule has 1 N–H and O–H groups in total. The first-order valence-electron chi connectivity index (χ1n) is 12.8. The van der Waals surface area contributed by atoms with Crippen LogP contribution in [-0.2, 0) is 0 Å². The summed E-state index contributed by atoms with van der Waals surface area (Å²) in [5.41, 5.74) is 3.32. The summed E-state index contributed by atoms with van der Waals surface area (Å²) in [5, 5.41) is 5.34. The van der Waals surface area contributed by atoms with E-state index in [9.17, 15) is 0 Å². The molecule has 4 atom stereocenters. The Morgan fingerprint density at radius 1 is 1.13 bits per heavy atom. The minimum atomic E-state index is 0.222. The van der Waals surface area contributed by atoms with Crippen LogP contribution in [0.2, 0.25) is 0 Å². The minimum absolute atomic E-state index is 0.222. The van der Waals surface area contributed by atoms with Crippen molar-refractivity contribution in [2.75, 3.05) is 20.1 Å². The zero-order valence-corrected chi connectivity index (χ0v) is 21.2. The molecule has 0 saturated carbocycles. The Morgan fingerprint density at radius 2 is 1.83 bits per heavy atom. The van der Waals surface area contributed by atoms with Crippen molar-refractivity contribution in [3.8, 4) is 0 Å². The second-order valence-corrected chi connectivity index (χ2v) is 11.1. The number of nitrogens with one attached hydrogen (secondary N) is 1. The fourth-order valence-electron chi connectivity index (χ4n) is 6.08. The molecule has 0 aromatic carbocycles. The van der Waals surface area contributed by atoms with Crippen LogP contribution in [0.15, 0.2) is 30.5 Å². The van der Waals surface area contributed by atoms with E-state index >= 15 is 0 Å². The van der Waals surface area contributed by atoms with E-state index in [2.05, 4.69) is 75.4 Å². The number of hydrogen-bond donors (Lipinski definition) is 1. The Morgan fingerprint density at radius 3 is 2.50 bits per heavy atom. The van der Waals surface area contributed by atoms with Crippen LogP contribution in [0.1, 0.15) is 97.8 Å². The Kier molecular flexibility index (Phi) is 11.3. The largest absolute Gasteiger partial charge is 0.305 e. The molecule has 0 radical (unpaired) electrons. The van der Waals surface area contributed by atoms with Gasteiger partial charge in [-0.1, -0.05) is 58.8 Å². The molecule has 1 fully saturated rings. The molecular weight excluding hydrogens is 384 g/mol. The SMILES string of the molecule is C=C=CC(CCC)SC1CNC(CC)(CC)[N+]2(C)CCCC=CCCCCCCC12. The Hall–Kier alpha value is -0.470. The van der Waals surface area contributed by atoms with Gasteiger partial charge in [-0.15, -0.1) is 17.5 Å². The van der Waals surface area contributed by atoms with Crippen molar-refractivity contribution in [1.29, 1.82) is 0 Å². The fourth-order valence-corrected chi connectivity index (χ4v) is 7.84. The topological polar surface area (TPSA) is 12.0 Å². The van der Waals surface area contributed by atoms with Gasteiger partial charge in [0.05, 0.1) is 18.8 Å². The summed E-state index contributed by atoms with van der Waals surface area (Å²) >= 11 is 2.21. The van der Waals surface area contributed by atoms with Crippen molar-refractivity contribution >= 4 is 11.8 Å². The standard InChI is InChI=1S/C27H49N2S/c1-6-19-24(20-7-2)30-26-23-28-27(8-3,9-4)29(5)22-18-16-14-12-10-11-13-15-17-21-25(26)29/h12,14,19,24-26,28H,1,7-11,13,15-18,20-23H2,2-5H3/q+1. The maximum absolute atomic E-state index is 4.12. The zero-order valence-electron chi connectivity index (χ0n) is 20.4. The first-order valence-corrected chi connectivity index (χ1v) is 13.8. The molecular formula is C27H49N2S+. The first-order chi connectivity index (χ1) is 14.6. The Labute approximate surface area is 192 Å². The summed E-state index contributed by atoms with van der Waals surface area (Å²) in [7, 11) is 2.60. The summed E-state index contributed by atoms with van der Waals surface area (Å²) in [6.07, 6.45) is 22.7. The summed E-state index contributed by atoms with van der Waals surface area (Å²) in [5.74, 6) is 0. The monoisotopic (exact) mass is 433 g/mol. The van der Waals surface area contributed by atoms with Crippen molar-refractivity contribution in [2.24, 2.45) is 0 Å². The first kappa shape index (κ1) is 25.8. The predicted molar refractivity (Wildman–Crippen MR) is 136 cm³/mol. The third-order valence-corrected chi connectivity index (χ3v) is 9.50. The van der Waals surface area contributed by atoms with Gasteiger partial charge in [0.1, 0.15) is 6.04 Å². The van der Waals surface area contributed by atoms with Gasteiger partial charge in [-0.05, 0) is 38.2 Å². The number of nitrogens with zero attached hydrogens (tertiary/aromatic N) is 1. The normalized spacial score (nSPS) is 31.3. The van der Waals surface area contributed by atoms with Gasteiger partial charge in [-0.25, -0.2) is 0 Å². The van der Waals surface area contributed by atoms with Gasteiger partial charge in [0.25, 0.3) is 0 Å². The average Bonchev–Trinajstić information content (AvgIpc) is 2.76. The molecule has 3 heteroatoms. The van der Waals surface area contributed by atoms with Gasteiger partial charge < -0.3 is 4.48 Å². The van der Waals surface area contributed by atoms with Crippen molar-refractivity contribution in [3.05, 3.63) is 30.5 Å². The lowest BCUT2D eigenvalue weighted by molar-refractivity contribution is -0.989. The summed E-state index contributed by atoms with van der Waals surface area (Å²) in [4.78, 5) is 0. The summed E-state index contributed by atoms with van der Waals surface area (Å²) in [6, 6.07) is 0.735. The molecule has 4 unspecified atom stereocenters. The van der Waals surface area contributed by atoms with Gasteiger partial charge in [0.15, 0.2) is 5.66 Å². The van der Waals surface area contributed by atoms with E-state index in [1.54, 1.807) is 0 Å². The summed E-state index contributed by atoms with van der Waals surface area (Å²) in [6.45, 7) is 13.4. The van der Waals surface area contributed by atoms with Crippen LogP contribution in [0.4, 0.5) is 0 Å². The lowest BCUT2D eigenvalue weighted by atomic mass is 9.87. The average molecular weight is 434 g/mol. The van der Waals surface area contributed by atoms with E-state index < -0.39 is 0 Å². The molecule has 0 bridgehead atoms. The number of hydrogen-bond acceptors (Lipinski definition) is 2. The maximum Gasteiger partial charge on any atom is 0.152 e. The second kappa shape index (κ2) is 13.2. The van der Waals surface area contributed by atoms with Crippen molar-refractivity contribution < 1.29 is 4.48 Å². The van der Waals surface area contributed by atoms with Gasteiger partial charge in [0, 0.05) is 37.5 Å². The van der Waals surface area contributed by atoms with E-state index in [-0.39, 0.29) is 5.66 Å². The van der Waals surface area contributed by atoms with Gasteiger partial charge in [-0.2, -0.15) is 0 Å². The van der Waals surface area contributed by atoms with E-state index in [1.165, 1.54) is 88.1 Å². The van der Waals surface area contributed by atoms with E-state index in [4.69, 9.17) is 0 Å². The van der Waals surface area contributed by atoms with Gasteiger partial charge in [-0.3, -0.25) is 5.32 Å². The molecule has 2 aliphatic heterocycles. The van der Waals surface area contributed by atoms with Gasteiger partial charge >= 0.3 is 0 Å². The number of thioether (sulfide) groups is 1. The third-order valence-electron chi connectivity index (χ3n) is 7.95. The van der Waals surface area contributed by atoms with Crippen LogP contribution >= 0.6 is 11.8 Å². The minimum Gasteiger partial charge on any atom is -0.305 e. The number of rotatable bonds is 7. The second-order valence-electron chi connectivity index (χ2n) is 9.66. The van der Waals surface area contributed by atoms with Crippen LogP contribution < -0.4 is 5.32 Å². The van der Waals surface area contributed by atoms with Crippen molar-refractivity contribution in [1.82, 2.24) is 5.32 Å². The Balaban J connectivity index is 2.34. The smallest absolute Gasteiger partial charge is 0.152 e. The molecule has 1 saturated heterocycles. The molecule has 2 rings (SSSR count). The number of quaternary nitrogens is 1. The zero-order chi connectivity index (χ0) is 21.9. The lowest BCUT2D eigenvalue weighted by Gasteiger charge is -2.60. The Bertz CT molecular complexity index is 561. The summed E-state index contributed by atoms with van der Waals surface area (Å²) < 4.78 is 1.21. The third kappa shape index (κ3) is 6.28. The predicted octanol–water partition coefficient (Wildman–Crippen LogP) is 7.22. The fraction of sp³-hybridized carbons (Fsp3) is 0.815. The van der Waals surface area contributed by atoms with Crippen LogP contribution in [0.25, 0.3) is 0 Å². The quantitative estimate of drug-likeness (QED) is 0.258. The highest BCUT2D eigenvalue weighted by molar-refractivity contribution is 8.00. The van der Waals surface area contributed by atoms with E-state index in [0.29, 0.717) is 10.5 Å². The molecule has 2 heterocycles. The molecule has 172 valence electrons. The lowest BCUT2D eigenvalue weighted by Crippen LogP contribution is -2.79. The molecule has 2 aliphatic rings. The van der Waals surface area contributed by atoms with Crippen LogP contribution in [0.3, 0.4) is 0 Å². The van der Waals surface area contributed by atoms with Crippen LogP contribution in [0.5, 0.6) is 0 Å². The van der Waals surface area contributed by atoms with Crippen LogP contribution in [-0.4, -0.2) is 46.8 Å². The number of fused-ring (bicyclic) bond motifs is 1. The maximum atomic E-state index is 4.12. The highest BCUT2D eigenvalue weighted by atomic mass is 32.2. The van der Waals surface area contributed by atoms with Crippen LogP contribution in [0, 0.1) is 0 Å². The molecule has 2 nitrogen and oxygen atoms in total. The molecule has 0 spiro atoms.